The summed E-state index contributed by atoms with van der Waals surface area (Å²) < 4.78 is 4.89. The molecule has 2 heterocycles. The minimum atomic E-state index is -0.0127. The summed E-state index contributed by atoms with van der Waals surface area (Å²) in [5, 5.41) is 2.05. The Kier molecular flexibility index (Phi) is 0.663. The van der Waals surface area contributed by atoms with Gasteiger partial charge in [0.25, 0.3) is 0 Å². The van der Waals surface area contributed by atoms with Gasteiger partial charge in [-0.05, 0) is 0 Å². The van der Waals surface area contributed by atoms with Crippen molar-refractivity contribution in [1.82, 2.24) is 0 Å². The third kappa shape index (κ3) is 0.395. The van der Waals surface area contributed by atoms with Gasteiger partial charge in [-0.2, -0.15) is 0 Å². The molecule has 2 aliphatic rings. The predicted octanol–water partition coefficient (Wildman–Crippen LogP) is -1.75. The SMILES string of the molecule is O=C1OC2C[NH2+]C1C2. The van der Waals surface area contributed by atoms with Gasteiger partial charge in [0.05, 0.1) is 6.42 Å². The monoisotopic (exact) mass is 114 g/mol. The van der Waals surface area contributed by atoms with E-state index in [0.717, 1.165) is 13.0 Å². The number of carbonyl (C=O) groups is 1. The van der Waals surface area contributed by atoms with Crippen molar-refractivity contribution in [2.24, 2.45) is 0 Å². The fraction of sp³-hybridized carbons (Fsp3) is 0.800. The number of nitrogens with two attached hydrogens (primary N) is 1. The zero-order valence-corrected chi connectivity index (χ0v) is 4.46. The first-order valence-corrected chi connectivity index (χ1v) is 2.90. The molecule has 3 nitrogen and oxygen atoms in total. The lowest BCUT2D eigenvalue weighted by Crippen LogP contribution is -2.90. The maximum atomic E-state index is 10.6. The lowest BCUT2D eigenvalue weighted by molar-refractivity contribution is -0.667. The fourth-order valence-corrected chi connectivity index (χ4v) is 1.33. The van der Waals surface area contributed by atoms with Crippen molar-refractivity contribution >= 4 is 5.97 Å². The Morgan fingerprint density at radius 3 is 2.88 bits per heavy atom. The summed E-state index contributed by atoms with van der Waals surface area (Å²) in [6.07, 6.45) is 1.19. The Labute approximate surface area is 47.0 Å². The average Bonchev–Trinajstić information content (AvgIpc) is 2.23. The Morgan fingerprint density at radius 1 is 1.75 bits per heavy atom. The number of esters is 1. The van der Waals surface area contributed by atoms with Crippen molar-refractivity contribution in [3.8, 4) is 0 Å². The molecule has 2 unspecified atom stereocenters. The summed E-state index contributed by atoms with van der Waals surface area (Å²) in [5.74, 6) is -0.0127. The van der Waals surface area contributed by atoms with E-state index in [0.29, 0.717) is 0 Å². The molecule has 2 aliphatic heterocycles. The molecule has 0 spiro atoms. The molecule has 2 saturated heterocycles. The number of fused-ring (bicyclic) bond motifs is 2. The van der Waals surface area contributed by atoms with Gasteiger partial charge in [0.2, 0.25) is 0 Å². The Bertz CT molecular complexity index is 134. The van der Waals surface area contributed by atoms with E-state index >= 15 is 0 Å². The molecule has 8 heavy (non-hydrogen) atoms. The maximum Gasteiger partial charge on any atom is 0.365 e. The Morgan fingerprint density at radius 2 is 2.62 bits per heavy atom. The van der Waals surface area contributed by atoms with Crippen LogP contribution < -0.4 is 5.32 Å². The highest BCUT2D eigenvalue weighted by atomic mass is 16.6. The molecular weight excluding hydrogens is 106 g/mol. The van der Waals surface area contributed by atoms with E-state index in [9.17, 15) is 4.79 Å². The van der Waals surface area contributed by atoms with Crippen LogP contribution in [0.4, 0.5) is 0 Å². The van der Waals surface area contributed by atoms with Gasteiger partial charge >= 0.3 is 5.97 Å². The summed E-state index contributed by atoms with van der Waals surface area (Å²) in [5.41, 5.74) is 0. The third-order valence-corrected chi connectivity index (χ3v) is 1.79. The molecule has 2 fully saturated rings. The van der Waals surface area contributed by atoms with Crippen LogP contribution in [-0.4, -0.2) is 24.7 Å². The number of hydrogen-bond acceptors (Lipinski definition) is 2. The molecule has 2 N–H and O–H groups in total. The van der Waals surface area contributed by atoms with Crippen LogP contribution in [0.3, 0.4) is 0 Å². The highest BCUT2D eigenvalue weighted by molar-refractivity contribution is 5.76. The molecule has 0 amide bonds. The number of ether oxygens (including phenoxy) is 1. The van der Waals surface area contributed by atoms with Crippen LogP contribution in [0.1, 0.15) is 6.42 Å². The van der Waals surface area contributed by atoms with Crippen molar-refractivity contribution in [3.63, 3.8) is 0 Å². The third-order valence-electron chi connectivity index (χ3n) is 1.79. The first-order valence-electron chi connectivity index (χ1n) is 2.90. The van der Waals surface area contributed by atoms with Crippen LogP contribution >= 0.6 is 0 Å². The standard InChI is InChI=1S/C5H7NO2/c7-5-4-1-3(8-5)2-6-4/h3-4,6H,1-2H2/p+1. The second-order valence-corrected chi connectivity index (χ2v) is 2.37. The molecule has 0 aliphatic carbocycles. The normalized spacial score (nSPS) is 42.8. The van der Waals surface area contributed by atoms with Crippen LogP contribution in [0, 0.1) is 0 Å². The van der Waals surface area contributed by atoms with Crippen LogP contribution in [0.5, 0.6) is 0 Å². The molecule has 2 rings (SSSR count). The second-order valence-electron chi connectivity index (χ2n) is 2.37. The molecule has 2 atom stereocenters. The molecule has 0 saturated carbocycles. The number of quaternary nitrogens is 1. The van der Waals surface area contributed by atoms with Gasteiger partial charge in [0, 0.05) is 0 Å². The molecule has 0 aromatic rings. The zero-order valence-electron chi connectivity index (χ0n) is 4.46. The van der Waals surface area contributed by atoms with Gasteiger partial charge in [-0.3, -0.25) is 0 Å². The molecule has 3 heteroatoms. The topological polar surface area (TPSA) is 42.9 Å². The molecule has 0 radical (unpaired) electrons. The lowest BCUT2D eigenvalue weighted by Gasteiger charge is -2.06. The predicted molar refractivity (Wildman–Crippen MR) is 25.1 cm³/mol. The summed E-state index contributed by atoms with van der Waals surface area (Å²) in [4.78, 5) is 10.6. The van der Waals surface area contributed by atoms with Crippen molar-refractivity contribution in [3.05, 3.63) is 0 Å². The minimum Gasteiger partial charge on any atom is -0.452 e. The first-order chi connectivity index (χ1) is 3.86. The minimum absolute atomic E-state index is 0.0127. The van der Waals surface area contributed by atoms with E-state index in [1.165, 1.54) is 0 Å². The molecule has 0 aromatic carbocycles. The van der Waals surface area contributed by atoms with E-state index < -0.39 is 0 Å². The second kappa shape index (κ2) is 1.23. The van der Waals surface area contributed by atoms with Crippen molar-refractivity contribution in [1.29, 1.82) is 0 Å². The Hall–Kier alpha value is -0.570. The number of morpholine rings is 1. The van der Waals surface area contributed by atoms with E-state index in [1.54, 1.807) is 0 Å². The highest BCUT2D eigenvalue weighted by Gasteiger charge is 2.44. The smallest absolute Gasteiger partial charge is 0.365 e. The summed E-state index contributed by atoms with van der Waals surface area (Å²) in [7, 11) is 0. The number of hydrogen-bond donors (Lipinski definition) is 1. The van der Waals surface area contributed by atoms with E-state index in [-0.39, 0.29) is 18.1 Å². The van der Waals surface area contributed by atoms with Gasteiger partial charge in [0.15, 0.2) is 12.1 Å². The van der Waals surface area contributed by atoms with Gasteiger partial charge in [-0.1, -0.05) is 0 Å². The van der Waals surface area contributed by atoms with Gasteiger partial charge in [-0.15, -0.1) is 0 Å². The van der Waals surface area contributed by atoms with E-state index in [1.807, 2.05) is 0 Å². The maximum absolute atomic E-state index is 10.6. The summed E-state index contributed by atoms with van der Waals surface area (Å²) in [6, 6.07) is 0.153. The number of carbonyl (C=O) groups excluding carboxylic acids is 1. The highest BCUT2D eigenvalue weighted by Crippen LogP contribution is 2.14. The lowest BCUT2D eigenvalue weighted by atomic mass is 10.2. The summed E-state index contributed by atoms with van der Waals surface area (Å²) in [6.45, 7) is 0.983. The summed E-state index contributed by atoms with van der Waals surface area (Å²) >= 11 is 0. The van der Waals surface area contributed by atoms with Gasteiger partial charge in [-0.25, -0.2) is 4.79 Å². The van der Waals surface area contributed by atoms with Crippen LogP contribution in [-0.2, 0) is 9.53 Å². The molecule has 2 bridgehead atoms. The zero-order chi connectivity index (χ0) is 5.56. The molecular formula is C5H8NO2+. The molecule has 44 valence electrons. The van der Waals surface area contributed by atoms with Crippen molar-refractivity contribution in [2.45, 2.75) is 18.6 Å². The van der Waals surface area contributed by atoms with E-state index in [2.05, 4.69) is 5.32 Å². The largest absolute Gasteiger partial charge is 0.452 e. The van der Waals surface area contributed by atoms with E-state index in [4.69, 9.17) is 4.74 Å². The molecule has 0 aromatic heterocycles. The number of rotatable bonds is 0. The van der Waals surface area contributed by atoms with Gasteiger partial charge in [0.1, 0.15) is 6.54 Å². The van der Waals surface area contributed by atoms with Crippen LogP contribution in [0.15, 0.2) is 0 Å². The quantitative estimate of drug-likeness (QED) is 0.379. The Balaban J connectivity index is 2.22. The van der Waals surface area contributed by atoms with Gasteiger partial charge < -0.3 is 10.1 Å². The van der Waals surface area contributed by atoms with Crippen molar-refractivity contribution < 1.29 is 14.8 Å². The first kappa shape index (κ1) is 4.32. The fourth-order valence-electron chi connectivity index (χ4n) is 1.33. The van der Waals surface area contributed by atoms with Crippen LogP contribution in [0.2, 0.25) is 0 Å². The van der Waals surface area contributed by atoms with Crippen molar-refractivity contribution in [2.75, 3.05) is 6.54 Å². The van der Waals surface area contributed by atoms with Crippen LogP contribution in [0.25, 0.3) is 0 Å². The average molecular weight is 114 g/mol.